The first-order chi connectivity index (χ1) is 15.5. The topological polar surface area (TPSA) is 132 Å². The molecule has 0 unspecified atom stereocenters. The minimum atomic E-state index is -0.688. The van der Waals surface area contributed by atoms with Crippen molar-refractivity contribution in [3.8, 4) is 11.6 Å². The maximum atomic E-state index is 12.4. The lowest BCUT2D eigenvalue weighted by Gasteiger charge is -2.12. The number of fused-ring (bicyclic) bond motifs is 1. The summed E-state index contributed by atoms with van der Waals surface area (Å²) < 4.78 is 6.56. The highest BCUT2D eigenvalue weighted by Crippen LogP contribution is 2.37. The average molecular weight is 495 g/mol. The molecule has 10 nitrogen and oxygen atoms in total. The number of carbonyl (C=O) groups is 1. The first-order valence-electron chi connectivity index (χ1n) is 9.28. The van der Waals surface area contributed by atoms with Gasteiger partial charge in [0.05, 0.1) is 4.92 Å². The molecular weight excluding hydrogens is 480 g/mol. The molecule has 0 saturated carbocycles. The molecule has 0 aliphatic rings. The molecule has 32 heavy (non-hydrogen) atoms. The van der Waals surface area contributed by atoms with Crippen LogP contribution >= 0.6 is 15.9 Å². The molecule has 0 bridgehead atoms. The summed E-state index contributed by atoms with van der Waals surface area (Å²) in [7, 11) is 0. The van der Waals surface area contributed by atoms with E-state index in [9.17, 15) is 14.9 Å². The average Bonchev–Trinajstić information content (AvgIpc) is 2.79. The van der Waals surface area contributed by atoms with Crippen LogP contribution in [0.1, 0.15) is 15.9 Å². The largest absolute Gasteiger partial charge is 0.431 e. The van der Waals surface area contributed by atoms with Crippen LogP contribution in [0.15, 0.2) is 65.5 Å². The van der Waals surface area contributed by atoms with Gasteiger partial charge in [0.15, 0.2) is 5.75 Å². The molecule has 0 fully saturated rings. The summed E-state index contributed by atoms with van der Waals surface area (Å²) in [5.41, 5.74) is 6.05. The van der Waals surface area contributed by atoms with Crippen LogP contribution in [0.4, 0.5) is 11.5 Å². The molecule has 160 valence electrons. The van der Waals surface area contributed by atoms with Crippen molar-refractivity contribution in [3.63, 3.8) is 0 Å². The Bertz CT molecular complexity index is 1350. The van der Waals surface area contributed by atoms with Crippen molar-refractivity contribution >= 4 is 44.2 Å². The van der Waals surface area contributed by atoms with Crippen molar-refractivity contribution in [1.82, 2.24) is 20.4 Å². The third-order valence-electron chi connectivity index (χ3n) is 4.54. The van der Waals surface area contributed by atoms with Crippen LogP contribution in [-0.4, -0.2) is 25.8 Å². The van der Waals surface area contributed by atoms with Gasteiger partial charge in [0.25, 0.3) is 5.91 Å². The van der Waals surface area contributed by atoms with Gasteiger partial charge in [0, 0.05) is 21.6 Å². The van der Waals surface area contributed by atoms with Crippen LogP contribution in [0.2, 0.25) is 0 Å². The van der Waals surface area contributed by atoms with Crippen molar-refractivity contribution in [3.05, 3.63) is 86.8 Å². The van der Waals surface area contributed by atoms with Gasteiger partial charge in [-0.2, -0.15) is 4.98 Å². The number of pyridine rings is 1. The fourth-order valence-electron chi connectivity index (χ4n) is 3.00. The number of carbonyl (C=O) groups excluding carboxylic acids is 1. The van der Waals surface area contributed by atoms with Gasteiger partial charge in [-0.3, -0.25) is 30.7 Å². The minimum absolute atomic E-state index is 0.226. The number of rotatable bonds is 6. The van der Waals surface area contributed by atoms with Gasteiger partial charge in [-0.15, -0.1) is 0 Å². The van der Waals surface area contributed by atoms with Crippen LogP contribution < -0.4 is 15.6 Å². The molecule has 0 saturated heterocycles. The van der Waals surface area contributed by atoms with Crippen LogP contribution in [0.25, 0.3) is 10.9 Å². The van der Waals surface area contributed by atoms with Gasteiger partial charge in [-0.1, -0.05) is 40.2 Å². The van der Waals surface area contributed by atoms with Crippen molar-refractivity contribution in [2.45, 2.75) is 6.92 Å². The molecule has 4 rings (SSSR count). The number of amides is 1. The number of hydrogen-bond donors (Lipinski definition) is 2. The predicted molar refractivity (Wildman–Crippen MR) is 120 cm³/mol. The molecule has 0 aliphatic carbocycles. The van der Waals surface area contributed by atoms with Crippen molar-refractivity contribution in [1.29, 1.82) is 0 Å². The van der Waals surface area contributed by atoms with E-state index >= 15 is 0 Å². The minimum Gasteiger partial charge on any atom is -0.431 e. The van der Waals surface area contributed by atoms with E-state index in [2.05, 4.69) is 41.7 Å². The zero-order valence-corrected chi connectivity index (χ0v) is 18.2. The van der Waals surface area contributed by atoms with Crippen LogP contribution in [0.3, 0.4) is 0 Å². The number of nitrogens with zero attached hydrogens (tertiary/aromatic N) is 4. The quantitative estimate of drug-likeness (QED) is 0.294. The number of hydrogen-bond acceptors (Lipinski definition) is 8. The molecule has 1 amide bonds. The lowest BCUT2D eigenvalue weighted by atomic mass is 10.1. The number of aryl methyl sites for hydroxylation is 1. The molecule has 4 aromatic rings. The van der Waals surface area contributed by atoms with E-state index in [0.29, 0.717) is 11.1 Å². The highest BCUT2D eigenvalue weighted by molar-refractivity contribution is 9.10. The van der Waals surface area contributed by atoms with Crippen molar-refractivity contribution in [2.75, 3.05) is 5.43 Å². The highest BCUT2D eigenvalue weighted by Gasteiger charge is 2.26. The molecule has 2 N–H and O–H groups in total. The number of anilines is 1. The Morgan fingerprint density at radius 2 is 1.91 bits per heavy atom. The van der Waals surface area contributed by atoms with E-state index in [1.165, 1.54) is 0 Å². The first kappa shape index (κ1) is 21.1. The SMILES string of the molecule is Cc1ccccc1C(=O)NNc1ncnc(Oc2ccc(Br)c3cccnc23)c1[N+](=O)[O-]. The number of hydrazine groups is 1. The van der Waals surface area contributed by atoms with E-state index in [4.69, 9.17) is 4.74 Å². The normalized spacial score (nSPS) is 10.6. The summed E-state index contributed by atoms with van der Waals surface area (Å²) in [5, 5.41) is 12.6. The van der Waals surface area contributed by atoms with Crippen LogP contribution in [0, 0.1) is 17.0 Å². The van der Waals surface area contributed by atoms with Gasteiger partial charge in [0.1, 0.15) is 11.8 Å². The Balaban J connectivity index is 1.65. The predicted octanol–water partition coefficient (Wildman–Crippen LogP) is 4.55. The third kappa shape index (κ3) is 4.18. The Hall–Kier alpha value is -4.12. The Kier molecular flexibility index (Phi) is 5.90. The van der Waals surface area contributed by atoms with E-state index < -0.39 is 16.5 Å². The first-order valence-corrected chi connectivity index (χ1v) is 10.1. The monoisotopic (exact) mass is 494 g/mol. The number of aromatic nitrogens is 3. The zero-order chi connectivity index (χ0) is 22.7. The van der Waals surface area contributed by atoms with Gasteiger partial charge in [0.2, 0.25) is 5.82 Å². The maximum absolute atomic E-state index is 12.4. The molecule has 0 atom stereocenters. The van der Waals surface area contributed by atoms with E-state index in [0.717, 1.165) is 21.7 Å². The summed E-state index contributed by atoms with van der Waals surface area (Å²) in [6, 6.07) is 13.9. The van der Waals surface area contributed by atoms with Crippen LogP contribution in [0.5, 0.6) is 11.6 Å². The van der Waals surface area contributed by atoms with Gasteiger partial charge >= 0.3 is 11.6 Å². The Labute approximate surface area is 189 Å². The lowest BCUT2D eigenvalue weighted by molar-refractivity contribution is -0.385. The molecule has 0 aliphatic heterocycles. The van der Waals surface area contributed by atoms with E-state index in [1.54, 1.807) is 55.6 Å². The van der Waals surface area contributed by atoms with Gasteiger partial charge in [-0.25, -0.2) is 4.98 Å². The number of benzene rings is 2. The molecule has 0 radical (unpaired) electrons. The zero-order valence-electron chi connectivity index (χ0n) is 16.6. The summed E-state index contributed by atoms with van der Waals surface area (Å²) in [6.07, 6.45) is 2.68. The van der Waals surface area contributed by atoms with E-state index in [1.807, 2.05) is 6.07 Å². The molecule has 11 heteroatoms. The molecule has 2 aromatic heterocycles. The second kappa shape index (κ2) is 8.94. The molecule has 2 heterocycles. The standard InChI is InChI=1S/C21H15BrN6O4/c1-12-5-2-3-6-13(12)20(29)27-26-19-18(28(30)31)21(25-11-24-19)32-16-9-8-15(22)14-7-4-10-23-17(14)16/h2-11H,1H3,(H,27,29)(H,24,25,26). The second-order valence-corrected chi connectivity index (χ2v) is 7.43. The van der Waals surface area contributed by atoms with Crippen molar-refractivity contribution in [2.24, 2.45) is 0 Å². The fourth-order valence-corrected chi connectivity index (χ4v) is 3.45. The van der Waals surface area contributed by atoms with Crippen molar-refractivity contribution < 1.29 is 14.5 Å². The summed E-state index contributed by atoms with van der Waals surface area (Å²) >= 11 is 3.44. The maximum Gasteiger partial charge on any atom is 0.374 e. The smallest absolute Gasteiger partial charge is 0.374 e. The number of nitrogens with one attached hydrogen (secondary N) is 2. The van der Waals surface area contributed by atoms with Crippen LogP contribution in [-0.2, 0) is 0 Å². The lowest BCUT2D eigenvalue weighted by Crippen LogP contribution is -2.30. The summed E-state index contributed by atoms with van der Waals surface area (Å²) in [5.74, 6) is -0.717. The fraction of sp³-hybridized carbons (Fsp3) is 0.0476. The Morgan fingerprint density at radius 3 is 2.69 bits per heavy atom. The number of halogens is 1. The number of ether oxygens (including phenoxy) is 1. The second-order valence-electron chi connectivity index (χ2n) is 6.57. The third-order valence-corrected chi connectivity index (χ3v) is 5.23. The number of nitro groups is 1. The summed E-state index contributed by atoms with van der Waals surface area (Å²) in [6.45, 7) is 1.78. The molecule has 0 spiro atoms. The Morgan fingerprint density at radius 1 is 1.09 bits per heavy atom. The highest BCUT2D eigenvalue weighted by atomic mass is 79.9. The molecular formula is C21H15BrN6O4. The van der Waals surface area contributed by atoms with E-state index in [-0.39, 0.29) is 17.4 Å². The molecule has 2 aromatic carbocycles. The van der Waals surface area contributed by atoms with Gasteiger partial charge < -0.3 is 4.74 Å². The van der Waals surface area contributed by atoms with Gasteiger partial charge in [-0.05, 0) is 36.8 Å². The summed E-state index contributed by atoms with van der Waals surface area (Å²) in [4.78, 5) is 35.6.